The van der Waals surface area contributed by atoms with Gasteiger partial charge in [-0.05, 0) is 38.7 Å². The molecule has 0 radical (unpaired) electrons. The van der Waals surface area contributed by atoms with Gasteiger partial charge in [-0.1, -0.05) is 0 Å². The monoisotopic (exact) mass is 399 g/mol. The Hall–Kier alpha value is -2.65. The number of hydrogen-bond donors (Lipinski definition) is 3. The first kappa shape index (κ1) is 18.4. The van der Waals surface area contributed by atoms with Crippen LogP contribution in [0.1, 0.15) is 38.2 Å². The molecular weight excluding hydrogens is 374 g/mol. The van der Waals surface area contributed by atoms with Crippen LogP contribution in [-0.2, 0) is 20.9 Å². The molecule has 0 bridgehead atoms. The predicted molar refractivity (Wildman–Crippen MR) is 106 cm³/mol. The number of fused-ring (bicyclic) bond motifs is 1. The summed E-state index contributed by atoms with van der Waals surface area (Å²) in [7, 11) is 0. The number of nitrogens with zero attached hydrogens (tertiary/aromatic N) is 3. The van der Waals surface area contributed by atoms with Crippen molar-refractivity contribution in [2.24, 2.45) is 5.92 Å². The highest BCUT2D eigenvalue weighted by Gasteiger charge is 2.51. The van der Waals surface area contributed by atoms with E-state index in [9.17, 15) is 9.90 Å². The van der Waals surface area contributed by atoms with Crippen LogP contribution in [0.4, 0.5) is 5.69 Å². The number of carboxylic acids is 1. The van der Waals surface area contributed by atoms with E-state index in [0.717, 1.165) is 60.6 Å². The number of nitrogens with one attached hydrogen (secondary N) is 2. The van der Waals surface area contributed by atoms with Crippen LogP contribution in [0.25, 0.3) is 16.7 Å². The van der Waals surface area contributed by atoms with E-state index >= 15 is 0 Å². The number of pyridine rings is 1. The average molecular weight is 399 g/mol. The van der Waals surface area contributed by atoms with Gasteiger partial charge in [0, 0.05) is 37.6 Å². The molecule has 9 nitrogen and oxygen atoms in total. The Morgan fingerprint density at radius 3 is 2.90 bits per heavy atom. The Morgan fingerprint density at radius 2 is 2.17 bits per heavy atom. The standard InChI is InChI=1S/C20H25N5O4/c1-2-25-18-15(11-22-25)17(23-13-3-5-28-6-4-13)14(10-21-18)16-9-20(29-24-16)7-12(8-20)19(26)27/h9-13,24H,2-8H2,1H3,(H,21,23)(H,26,27). The second kappa shape index (κ2) is 7.00. The van der Waals surface area contributed by atoms with Crippen molar-refractivity contribution in [3.63, 3.8) is 0 Å². The number of carbonyl (C=O) groups is 1. The molecule has 2 aliphatic heterocycles. The maximum atomic E-state index is 11.2. The molecule has 3 N–H and O–H groups in total. The lowest BCUT2D eigenvalue weighted by atomic mass is 9.70. The summed E-state index contributed by atoms with van der Waals surface area (Å²) in [6, 6.07) is 0.315. The lowest BCUT2D eigenvalue weighted by Crippen LogP contribution is -2.46. The summed E-state index contributed by atoms with van der Waals surface area (Å²) >= 11 is 0. The van der Waals surface area contributed by atoms with E-state index in [4.69, 9.17) is 9.57 Å². The molecule has 1 saturated heterocycles. The maximum Gasteiger partial charge on any atom is 0.306 e. The molecule has 2 fully saturated rings. The van der Waals surface area contributed by atoms with Gasteiger partial charge in [-0.25, -0.2) is 9.67 Å². The van der Waals surface area contributed by atoms with Gasteiger partial charge in [-0.2, -0.15) is 5.10 Å². The second-order valence-corrected chi connectivity index (χ2v) is 8.05. The first-order valence-electron chi connectivity index (χ1n) is 10.2. The average Bonchev–Trinajstić information content (AvgIpc) is 3.32. The molecule has 1 aliphatic carbocycles. The number of anilines is 1. The van der Waals surface area contributed by atoms with Gasteiger partial charge < -0.3 is 15.2 Å². The predicted octanol–water partition coefficient (Wildman–Crippen LogP) is 2.15. The van der Waals surface area contributed by atoms with E-state index in [2.05, 4.69) is 20.9 Å². The molecule has 0 amide bonds. The molecule has 29 heavy (non-hydrogen) atoms. The molecule has 0 aromatic carbocycles. The van der Waals surface area contributed by atoms with Crippen molar-refractivity contribution < 1.29 is 19.5 Å². The number of aliphatic carboxylic acids is 1. The van der Waals surface area contributed by atoms with Crippen molar-refractivity contribution in [2.45, 2.75) is 50.8 Å². The largest absolute Gasteiger partial charge is 0.481 e. The number of carboxylic acid groups (broad SMARTS) is 1. The van der Waals surface area contributed by atoms with Crippen LogP contribution in [-0.4, -0.2) is 50.7 Å². The number of aromatic nitrogens is 3. The van der Waals surface area contributed by atoms with Gasteiger partial charge in [-0.15, -0.1) is 0 Å². The fourth-order valence-corrected chi connectivity index (χ4v) is 4.43. The third-order valence-corrected chi connectivity index (χ3v) is 6.13. The molecule has 1 saturated carbocycles. The van der Waals surface area contributed by atoms with Crippen molar-refractivity contribution >= 4 is 28.4 Å². The molecule has 0 atom stereocenters. The minimum Gasteiger partial charge on any atom is -0.481 e. The Kier molecular flexibility index (Phi) is 4.44. The molecule has 2 aromatic heterocycles. The van der Waals surface area contributed by atoms with Crippen molar-refractivity contribution in [2.75, 3.05) is 18.5 Å². The van der Waals surface area contributed by atoms with E-state index in [0.29, 0.717) is 18.9 Å². The van der Waals surface area contributed by atoms with Gasteiger partial charge in [0.2, 0.25) is 0 Å². The summed E-state index contributed by atoms with van der Waals surface area (Å²) < 4.78 is 7.38. The van der Waals surface area contributed by atoms with Crippen LogP contribution in [0.3, 0.4) is 0 Å². The zero-order valence-electron chi connectivity index (χ0n) is 16.4. The lowest BCUT2D eigenvalue weighted by molar-refractivity contribution is -0.162. The van der Waals surface area contributed by atoms with E-state index in [1.54, 1.807) is 0 Å². The molecular formula is C20H25N5O4. The smallest absolute Gasteiger partial charge is 0.306 e. The fraction of sp³-hybridized carbons (Fsp3) is 0.550. The third kappa shape index (κ3) is 3.14. The number of ether oxygens (including phenoxy) is 1. The summed E-state index contributed by atoms with van der Waals surface area (Å²) in [6.07, 6.45) is 8.54. The molecule has 0 unspecified atom stereocenters. The number of hydroxylamine groups is 1. The third-order valence-electron chi connectivity index (χ3n) is 6.13. The molecule has 154 valence electrons. The topological polar surface area (TPSA) is 111 Å². The zero-order valence-corrected chi connectivity index (χ0v) is 16.4. The Labute approximate surface area is 168 Å². The van der Waals surface area contributed by atoms with Crippen LogP contribution in [0.2, 0.25) is 0 Å². The Morgan fingerprint density at radius 1 is 1.38 bits per heavy atom. The fourth-order valence-electron chi connectivity index (χ4n) is 4.43. The summed E-state index contributed by atoms with van der Waals surface area (Å²) in [5.41, 5.74) is 6.04. The minimum absolute atomic E-state index is 0.315. The van der Waals surface area contributed by atoms with Gasteiger partial charge in [0.05, 0.1) is 28.9 Å². The first-order valence-corrected chi connectivity index (χ1v) is 10.2. The van der Waals surface area contributed by atoms with Crippen LogP contribution >= 0.6 is 0 Å². The molecule has 4 heterocycles. The maximum absolute atomic E-state index is 11.2. The van der Waals surface area contributed by atoms with Gasteiger partial charge in [0.25, 0.3) is 0 Å². The zero-order chi connectivity index (χ0) is 20.0. The summed E-state index contributed by atoms with van der Waals surface area (Å²) in [5, 5.41) is 18.3. The highest BCUT2D eigenvalue weighted by molar-refractivity contribution is 5.96. The van der Waals surface area contributed by atoms with Crippen LogP contribution in [0, 0.1) is 5.92 Å². The molecule has 1 spiro atoms. The second-order valence-electron chi connectivity index (χ2n) is 8.05. The quantitative estimate of drug-likeness (QED) is 0.701. The van der Waals surface area contributed by atoms with Gasteiger partial charge in [-0.3, -0.25) is 15.1 Å². The van der Waals surface area contributed by atoms with Gasteiger partial charge in [0.15, 0.2) is 5.65 Å². The molecule has 5 rings (SSSR count). The van der Waals surface area contributed by atoms with Crippen LogP contribution in [0.5, 0.6) is 0 Å². The van der Waals surface area contributed by atoms with Crippen LogP contribution in [0.15, 0.2) is 18.5 Å². The van der Waals surface area contributed by atoms with E-state index in [1.165, 1.54) is 0 Å². The normalized spacial score (nSPS) is 26.9. The number of hydrogen-bond acceptors (Lipinski definition) is 7. The summed E-state index contributed by atoms with van der Waals surface area (Å²) in [5.74, 6) is -1.12. The SMILES string of the molecule is CCn1ncc2c(NC3CCOCC3)c(C3=CC4(CC(C(=O)O)C4)ON3)cnc21. The number of aryl methyl sites for hydroxylation is 1. The molecule has 3 aliphatic rings. The van der Waals surface area contributed by atoms with E-state index < -0.39 is 11.6 Å². The van der Waals surface area contributed by atoms with Gasteiger partial charge in [0.1, 0.15) is 5.60 Å². The summed E-state index contributed by atoms with van der Waals surface area (Å²) in [4.78, 5) is 21.6. The minimum atomic E-state index is -0.766. The van der Waals surface area contributed by atoms with Crippen molar-refractivity contribution in [1.29, 1.82) is 0 Å². The first-order chi connectivity index (χ1) is 14.1. The highest BCUT2D eigenvalue weighted by atomic mass is 16.7. The van der Waals surface area contributed by atoms with E-state index in [1.807, 2.05) is 30.1 Å². The van der Waals surface area contributed by atoms with Crippen molar-refractivity contribution in [3.8, 4) is 0 Å². The van der Waals surface area contributed by atoms with Crippen molar-refractivity contribution in [1.82, 2.24) is 20.2 Å². The summed E-state index contributed by atoms with van der Waals surface area (Å²) in [6.45, 7) is 4.29. The molecule has 9 heteroatoms. The van der Waals surface area contributed by atoms with Crippen molar-refractivity contribution in [3.05, 3.63) is 24.0 Å². The molecule has 2 aromatic rings. The Bertz CT molecular complexity index is 973. The van der Waals surface area contributed by atoms with Gasteiger partial charge >= 0.3 is 5.97 Å². The Balaban J connectivity index is 1.51. The highest BCUT2D eigenvalue weighted by Crippen LogP contribution is 2.46. The lowest BCUT2D eigenvalue weighted by Gasteiger charge is -2.39. The number of rotatable bonds is 5. The van der Waals surface area contributed by atoms with E-state index in [-0.39, 0.29) is 5.92 Å². The van der Waals surface area contributed by atoms with Crippen LogP contribution < -0.4 is 10.8 Å².